The molecule has 0 bridgehead atoms. The Hall–Kier alpha value is -1.29. The van der Waals surface area contributed by atoms with Crippen molar-refractivity contribution < 1.29 is 17.2 Å². The molecule has 2 rings (SSSR count). The third-order valence-corrected chi connectivity index (χ3v) is 5.40. The molecule has 0 aliphatic carbocycles. The molecule has 0 saturated carbocycles. The Morgan fingerprint density at radius 3 is 2.57 bits per heavy atom. The lowest BCUT2D eigenvalue weighted by molar-refractivity contribution is -0.0412. The van der Waals surface area contributed by atoms with E-state index < -0.39 is 29.0 Å². The Kier molecular flexibility index (Phi) is 5.56. The number of piperidine rings is 1. The molecule has 1 unspecified atom stereocenters. The number of nitrogens with one attached hydrogen (secondary N) is 1. The number of alkyl halides is 2. The van der Waals surface area contributed by atoms with Gasteiger partial charge in [-0.15, -0.1) is 0 Å². The van der Waals surface area contributed by atoms with Gasteiger partial charge in [0, 0.05) is 44.6 Å². The third kappa shape index (κ3) is 4.60. The zero-order valence-electron chi connectivity index (χ0n) is 13.4. The molecule has 23 heavy (non-hydrogen) atoms. The van der Waals surface area contributed by atoms with E-state index in [0.29, 0.717) is 13.1 Å². The lowest BCUT2D eigenvalue weighted by Crippen LogP contribution is -2.51. The minimum Gasteiger partial charge on any atom is -0.251 e. The van der Waals surface area contributed by atoms with Gasteiger partial charge >= 0.3 is 10.2 Å². The van der Waals surface area contributed by atoms with Gasteiger partial charge in [0.25, 0.3) is 5.92 Å². The fourth-order valence-corrected chi connectivity index (χ4v) is 3.61. The highest BCUT2D eigenvalue weighted by molar-refractivity contribution is 7.87. The van der Waals surface area contributed by atoms with E-state index in [4.69, 9.17) is 0 Å². The Bertz CT molecular complexity index is 569. The van der Waals surface area contributed by atoms with Crippen LogP contribution in [-0.4, -0.2) is 62.0 Å². The van der Waals surface area contributed by atoms with Gasteiger partial charge in [0.2, 0.25) is 5.96 Å². The fraction of sp³-hybridized carbons (Fsp3) is 0.846. The van der Waals surface area contributed by atoms with E-state index in [1.165, 1.54) is 5.01 Å². The highest BCUT2D eigenvalue weighted by Crippen LogP contribution is 2.28. The molecule has 132 valence electrons. The van der Waals surface area contributed by atoms with Gasteiger partial charge in [-0.05, 0) is 13.3 Å². The smallest absolute Gasteiger partial charge is 0.251 e. The van der Waals surface area contributed by atoms with Crippen LogP contribution in [0.15, 0.2) is 10.1 Å². The standard InChI is InChI=1S/C13H23F2N5O2S/c1-3-11-9-17-20(10-11)12(16-4-2)18-23(21,22)19-7-5-13(14,15)6-8-19/h9,11H,3-8,10H2,1-2H3,(H,16,18). The quantitative estimate of drug-likeness (QED) is 0.612. The van der Waals surface area contributed by atoms with Crippen molar-refractivity contribution in [2.24, 2.45) is 16.0 Å². The van der Waals surface area contributed by atoms with Gasteiger partial charge in [-0.3, -0.25) is 4.99 Å². The van der Waals surface area contributed by atoms with Crippen molar-refractivity contribution in [2.45, 2.75) is 39.0 Å². The summed E-state index contributed by atoms with van der Waals surface area (Å²) < 4.78 is 54.6. The van der Waals surface area contributed by atoms with Gasteiger partial charge < -0.3 is 0 Å². The molecule has 1 N–H and O–H groups in total. The van der Waals surface area contributed by atoms with Gasteiger partial charge in [-0.25, -0.2) is 18.5 Å². The Morgan fingerprint density at radius 1 is 1.39 bits per heavy atom. The average Bonchev–Trinajstić information content (AvgIpc) is 2.95. The van der Waals surface area contributed by atoms with Gasteiger partial charge in [0.05, 0.1) is 6.54 Å². The zero-order chi connectivity index (χ0) is 17.1. The average molecular weight is 351 g/mol. The molecule has 1 fully saturated rings. The number of hydrazone groups is 1. The van der Waals surface area contributed by atoms with E-state index in [1.54, 1.807) is 13.1 Å². The van der Waals surface area contributed by atoms with Crippen molar-refractivity contribution in [1.82, 2.24) is 14.0 Å². The highest BCUT2D eigenvalue weighted by atomic mass is 32.2. The number of nitrogens with zero attached hydrogens (tertiary/aromatic N) is 4. The SMILES string of the molecule is CCN=C(NS(=O)(=O)N1CCC(F)(F)CC1)N1CC(CC)C=N1. The summed E-state index contributed by atoms with van der Waals surface area (Å²) in [5.41, 5.74) is 0. The topological polar surface area (TPSA) is 77.4 Å². The van der Waals surface area contributed by atoms with Crippen molar-refractivity contribution in [3.05, 3.63) is 0 Å². The minimum atomic E-state index is -3.91. The molecular formula is C13H23F2N5O2S. The number of halogens is 2. The summed E-state index contributed by atoms with van der Waals surface area (Å²) >= 11 is 0. The molecule has 2 aliphatic rings. The predicted octanol–water partition coefficient (Wildman–Crippen LogP) is 1.26. The van der Waals surface area contributed by atoms with E-state index in [-0.39, 0.29) is 25.0 Å². The molecule has 7 nitrogen and oxygen atoms in total. The van der Waals surface area contributed by atoms with Gasteiger partial charge in [-0.1, -0.05) is 6.92 Å². The van der Waals surface area contributed by atoms with Gasteiger partial charge in [0.15, 0.2) is 0 Å². The first kappa shape index (κ1) is 18.1. The Morgan fingerprint density at radius 2 is 2.04 bits per heavy atom. The number of hydrogen-bond acceptors (Lipinski definition) is 4. The molecule has 1 saturated heterocycles. The highest BCUT2D eigenvalue weighted by Gasteiger charge is 2.39. The third-order valence-electron chi connectivity index (χ3n) is 3.92. The van der Waals surface area contributed by atoms with E-state index >= 15 is 0 Å². The van der Waals surface area contributed by atoms with E-state index in [0.717, 1.165) is 10.7 Å². The van der Waals surface area contributed by atoms with Crippen LogP contribution in [0.25, 0.3) is 0 Å². The van der Waals surface area contributed by atoms with Crippen LogP contribution in [0.5, 0.6) is 0 Å². The Labute approximate surface area is 135 Å². The number of aliphatic imine (C=N–C) groups is 1. The summed E-state index contributed by atoms with van der Waals surface area (Å²) in [7, 11) is -3.91. The second-order valence-corrected chi connectivity index (χ2v) is 7.35. The first-order chi connectivity index (χ1) is 10.8. The van der Waals surface area contributed by atoms with Crippen molar-refractivity contribution >= 4 is 22.4 Å². The van der Waals surface area contributed by atoms with Crippen LogP contribution in [0.4, 0.5) is 8.78 Å². The van der Waals surface area contributed by atoms with Crippen molar-refractivity contribution in [2.75, 3.05) is 26.2 Å². The van der Waals surface area contributed by atoms with E-state index in [9.17, 15) is 17.2 Å². The maximum absolute atomic E-state index is 13.2. The van der Waals surface area contributed by atoms with E-state index in [1.807, 2.05) is 6.92 Å². The second-order valence-electron chi connectivity index (χ2n) is 5.68. The summed E-state index contributed by atoms with van der Waals surface area (Å²) in [5, 5.41) is 5.68. The molecule has 0 spiro atoms. The fourth-order valence-electron chi connectivity index (χ4n) is 2.42. The molecule has 1 atom stereocenters. The first-order valence-electron chi connectivity index (χ1n) is 7.79. The normalized spacial score (nSPS) is 25.8. The molecular weight excluding hydrogens is 328 g/mol. The zero-order valence-corrected chi connectivity index (χ0v) is 14.2. The molecule has 0 radical (unpaired) electrons. The number of guanidine groups is 1. The lowest BCUT2D eigenvalue weighted by atomic mass is 10.1. The largest absolute Gasteiger partial charge is 0.303 e. The molecule has 0 aromatic heterocycles. The Balaban J connectivity index is 2.05. The van der Waals surface area contributed by atoms with Crippen molar-refractivity contribution in [3.8, 4) is 0 Å². The van der Waals surface area contributed by atoms with Gasteiger partial charge in [-0.2, -0.15) is 17.8 Å². The molecule has 2 heterocycles. The van der Waals surface area contributed by atoms with Crippen LogP contribution in [0.2, 0.25) is 0 Å². The number of rotatable bonds is 4. The maximum atomic E-state index is 13.2. The summed E-state index contributed by atoms with van der Waals surface area (Å²) in [6.45, 7) is 4.33. The van der Waals surface area contributed by atoms with Crippen LogP contribution in [0.3, 0.4) is 0 Å². The lowest BCUT2D eigenvalue weighted by Gasteiger charge is -2.31. The first-order valence-corrected chi connectivity index (χ1v) is 9.23. The minimum absolute atomic E-state index is 0.136. The van der Waals surface area contributed by atoms with Crippen molar-refractivity contribution in [3.63, 3.8) is 0 Å². The molecule has 0 aromatic carbocycles. The summed E-state index contributed by atoms with van der Waals surface area (Å²) in [6, 6.07) is 0. The molecule has 0 aromatic rings. The second kappa shape index (κ2) is 7.08. The van der Waals surface area contributed by atoms with Crippen LogP contribution in [-0.2, 0) is 10.2 Å². The number of hydrogen-bond donors (Lipinski definition) is 1. The molecule has 0 amide bonds. The summed E-state index contributed by atoms with van der Waals surface area (Å²) in [5.74, 6) is -2.41. The van der Waals surface area contributed by atoms with Crippen molar-refractivity contribution in [1.29, 1.82) is 0 Å². The van der Waals surface area contributed by atoms with Crippen LogP contribution < -0.4 is 4.72 Å². The van der Waals surface area contributed by atoms with Crippen LogP contribution in [0.1, 0.15) is 33.1 Å². The predicted molar refractivity (Wildman–Crippen MR) is 84.8 cm³/mol. The summed E-state index contributed by atoms with van der Waals surface area (Å²) in [6.07, 6.45) is 1.73. The van der Waals surface area contributed by atoms with Gasteiger partial charge in [0.1, 0.15) is 0 Å². The summed E-state index contributed by atoms with van der Waals surface area (Å²) in [4.78, 5) is 4.15. The maximum Gasteiger partial charge on any atom is 0.303 e. The van der Waals surface area contributed by atoms with Crippen LogP contribution >= 0.6 is 0 Å². The molecule has 10 heteroatoms. The molecule has 2 aliphatic heterocycles. The van der Waals surface area contributed by atoms with E-state index in [2.05, 4.69) is 14.8 Å². The van der Waals surface area contributed by atoms with Crippen LogP contribution in [0, 0.1) is 5.92 Å². The monoisotopic (exact) mass is 351 g/mol.